The molecule has 1 aromatic heterocycles. The molecule has 0 aliphatic carbocycles. The van der Waals surface area contributed by atoms with Crippen LogP contribution in [0.15, 0.2) is 16.5 Å². The second-order valence-corrected chi connectivity index (χ2v) is 4.20. The Kier molecular flexibility index (Phi) is 4.42. The SMILES string of the molecule is CC(=CCl)CNCc1csc(C)n1. The van der Waals surface area contributed by atoms with E-state index >= 15 is 0 Å². The molecular formula is C9H13ClN2S. The monoisotopic (exact) mass is 216 g/mol. The van der Waals surface area contributed by atoms with Crippen LogP contribution in [0.5, 0.6) is 0 Å². The van der Waals surface area contributed by atoms with Gasteiger partial charge in [0, 0.05) is 24.0 Å². The van der Waals surface area contributed by atoms with Gasteiger partial charge >= 0.3 is 0 Å². The van der Waals surface area contributed by atoms with Gasteiger partial charge in [-0.25, -0.2) is 4.98 Å². The summed E-state index contributed by atoms with van der Waals surface area (Å²) in [5.41, 5.74) is 3.83. The van der Waals surface area contributed by atoms with E-state index in [4.69, 9.17) is 11.6 Å². The molecule has 0 fully saturated rings. The van der Waals surface area contributed by atoms with Crippen LogP contribution in [0.25, 0.3) is 0 Å². The first-order valence-corrected chi connectivity index (χ1v) is 5.41. The number of aryl methyl sites for hydroxylation is 1. The Bertz CT molecular complexity index is 294. The maximum atomic E-state index is 5.52. The molecule has 0 aliphatic heterocycles. The van der Waals surface area contributed by atoms with Gasteiger partial charge in [-0.2, -0.15) is 0 Å². The van der Waals surface area contributed by atoms with E-state index in [0.717, 1.165) is 29.4 Å². The van der Waals surface area contributed by atoms with Crippen molar-refractivity contribution < 1.29 is 0 Å². The highest BCUT2D eigenvalue weighted by Gasteiger charge is 1.96. The van der Waals surface area contributed by atoms with Crippen molar-refractivity contribution in [3.8, 4) is 0 Å². The standard InChI is InChI=1S/C9H13ClN2S/c1-7(3-10)4-11-5-9-6-13-8(2)12-9/h3,6,11H,4-5H2,1-2H3. The maximum Gasteiger partial charge on any atom is 0.0897 e. The third-order valence-corrected chi connectivity index (χ3v) is 2.76. The molecule has 0 bridgehead atoms. The van der Waals surface area contributed by atoms with E-state index in [0.29, 0.717) is 0 Å². The fraction of sp³-hybridized carbons (Fsp3) is 0.444. The van der Waals surface area contributed by atoms with Crippen LogP contribution in [0.3, 0.4) is 0 Å². The van der Waals surface area contributed by atoms with Crippen molar-refractivity contribution in [2.75, 3.05) is 6.54 Å². The van der Waals surface area contributed by atoms with Gasteiger partial charge in [-0.05, 0) is 19.4 Å². The van der Waals surface area contributed by atoms with Gasteiger partial charge in [0.25, 0.3) is 0 Å². The highest BCUT2D eigenvalue weighted by molar-refractivity contribution is 7.09. The summed E-state index contributed by atoms with van der Waals surface area (Å²) >= 11 is 7.20. The highest BCUT2D eigenvalue weighted by Crippen LogP contribution is 2.07. The molecule has 0 atom stereocenters. The summed E-state index contributed by atoms with van der Waals surface area (Å²) in [5.74, 6) is 0. The van der Waals surface area contributed by atoms with Crippen molar-refractivity contribution in [3.63, 3.8) is 0 Å². The molecule has 1 N–H and O–H groups in total. The predicted molar refractivity (Wildman–Crippen MR) is 58.2 cm³/mol. The molecule has 2 nitrogen and oxygen atoms in total. The largest absolute Gasteiger partial charge is 0.307 e. The quantitative estimate of drug-likeness (QED) is 0.837. The zero-order valence-electron chi connectivity index (χ0n) is 7.80. The van der Waals surface area contributed by atoms with E-state index in [1.54, 1.807) is 16.9 Å². The average Bonchev–Trinajstić information content (AvgIpc) is 2.51. The summed E-state index contributed by atoms with van der Waals surface area (Å²) < 4.78 is 0. The second-order valence-electron chi connectivity index (χ2n) is 2.92. The summed E-state index contributed by atoms with van der Waals surface area (Å²) in [5, 5.41) is 6.44. The summed E-state index contributed by atoms with van der Waals surface area (Å²) in [6, 6.07) is 0. The lowest BCUT2D eigenvalue weighted by molar-refractivity contribution is 0.726. The van der Waals surface area contributed by atoms with Crippen molar-refractivity contribution in [2.24, 2.45) is 0 Å². The molecule has 0 saturated carbocycles. The van der Waals surface area contributed by atoms with Crippen molar-refractivity contribution in [2.45, 2.75) is 20.4 Å². The molecule has 4 heteroatoms. The molecule has 1 rings (SSSR count). The second kappa shape index (κ2) is 5.37. The van der Waals surface area contributed by atoms with Gasteiger partial charge in [0.1, 0.15) is 0 Å². The first-order chi connectivity index (χ1) is 6.22. The number of hydrogen-bond acceptors (Lipinski definition) is 3. The van der Waals surface area contributed by atoms with Crippen molar-refractivity contribution in [1.82, 2.24) is 10.3 Å². The number of rotatable bonds is 4. The molecular weight excluding hydrogens is 204 g/mol. The number of nitrogens with zero attached hydrogens (tertiary/aromatic N) is 1. The Morgan fingerprint density at radius 2 is 2.54 bits per heavy atom. The molecule has 13 heavy (non-hydrogen) atoms. The fourth-order valence-corrected chi connectivity index (χ4v) is 1.61. The topological polar surface area (TPSA) is 24.9 Å². The number of halogens is 1. The Hall–Kier alpha value is -0.380. The van der Waals surface area contributed by atoms with E-state index in [2.05, 4.69) is 15.7 Å². The third kappa shape index (κ3) is 3.89. The lowest BCUT2D eigenvalue weighted by atomic mass is 10.3. The van der Waals surface area contributed by atoms with E-state index in [1.165, 1.54) is 0 Å². The van der Waals surface area contributed by atoms with Crippen LogP contribution in [0, 0.1) is 6.92 Å². The van der Waals surface area contributed by atoms with Gasteiger partial charge in [-0.15, -0.1) is 11.3 Å². The molecule has 0 aliphatic rings. The number of hydrogen-bond donors (Lipinski definition) is 1. The number of thiazole rings is 1. The van der Waals surface area contributed by atoms with Gasteiger partial charge in [0.05, 0.1) is 10.7 Å². The first kappa shape index (κ1) is 10.7. The molecule has 0 saturated heterocycles. The van der Waals surface area contributed by atoms with E-state index in [1.807, 2.05) is 13.8 Å². The Morgan fingerprint density at radius 3 is 3.08 bits per heavy atom. The highest BCUT2D eigenvalue weighted by atomic mass is 35.5. The van der Waals surface area contributed by atoms with Crippen molar-refractivity contribution >= 4 is 22.9 Å². The Balaban J connectivity index is 2.28. The third-order valence-electron chi connectivity index (χ3n) is 1.56. The van der Waals surface area contributed by atoms with Crippen LogP contribution in [-0.2, 0) is 6.54 Å². The summed E-state index contributed by atoms with van der Waals surface area (Å²) in [7, 11) is 0. The van der Waals surface area contributed by atoms with E-state index < -0.39 is 0 Å². The molecule has 0 unspecified atom stereocenters. The van der Waals surface area contributed by atoms with Gasteiger partial charge in [-0.3, -0.25) is 0 Å². The first-order valence-electron chi connectivity index (χ1n) is 4.10. The zero-order chi connectivity index (χ0) is 9.68. The fourth-order valence-electron chi connectivity index (χ4n) is 0.916. The van der Waals surface area contributed by atoms with E-state index in [9.17, 15) is 0 Å². The van der Waals surface area contributed by atoms with Crippen LogP contribution < -0.4 is 5.32 Å². The van der Waals surface area contributed by atoms with Gasteiger partial charge in [-0.1, -0.05) is 11.6 Å². The molecule has 72 valence electrons. The summed E-state index contributed by atoms with van der Waals surface area (Å²) in [6.45, 7) is 5.64. The predicted octanol–water partition coefficient (Wildman–Crippen LogP) is 2.68. The summed E-state index contributed by atoms with van der Waals surface area (Å²) in [4.78, 5) is 4.34. The van der Waals surface area contributed by atoms with Crippen LogP contribution in [0.2, 0.25) is 0 Å². The molecule has 0 spiro atoms. The van der Waals surface area contributed by atoms with Gasteiger partial charge in [0.2, 0.25) is 0 Å². The minimum absolute atomic E-state index is 0.812. The molecule has 0 amide bonds. The molecule has 1 heterocycles. The molecule has 1 aromatic rings. The Morgan fingerprint density at radius 1 is 1.77 bits per heavy atom. The van der Waals surface area contributed by atoms with Crippen molar-refractivity contribution in [1.29, 1.82) is 0 Å². The van der Waals surface area contributed by atoms with Crippen LogP contribution in [0.4, 0.5) is 0 Å². The van der Waals surface area contributed by atoms with Crippen LogP contribution in [-0.4, -0.2) is 11.5 Å². The van der Waals surface area contributed by atoms with Gasteiger partial charge in [0.15, 0.2) is 0 Å². The smallest absolute Gasteiger partial charge is 0.0897 e. The Labute approximate surface area is 87.6 Å². The van der Waals surface area contributed by atoms with E-state index in [-0.39, 0.29) is 0 Å². The minimum Gasteiger partial charge on any atom is -0.307 e. The number of aromatic nitrogens is 1. The normalized spacial score (nSPS) is 12.1. The lowest BCUT2D eigenvalue weighted by Gasteiger charge is -2.00. The maximum absolute atomic E-state index is 5.52. The lowest BCUT2D eigenvalue weighted by Crippen LogP contribution is -2.15. The average molecular weight is 217 g/mol. The zero-order valence-corrected chi connectivity index (χ0v) is 9.37. The van der Waals surface area contributed by atoms with Crippen LogP contribution in [0.1, 0.15) is 17.6 Å². The van der Waals surface area contributed by atoms with Crippen LogP contribution >= 0.6 is 22.9 Å². The van der Waals surface area contributed by atoms with Gasteiger partial charge < -0.3 is 5.32 Å². The molecule has 0 aromatic carbocycles. The molecule has 0 radical (unpaired) electrons. The number of nitrogens with one attached hydrogen (secondary N) is 1. The minimum atomic E-state index is 0.812. The van der Waals surface area contributed by atoms with Crippen molar-refractivity contribution in [3.05, 3.63) is 27.2 Å². The summed E-state index contributed by atoms with van der Waals surface area (Å²) in [6.07, 6.45) is 0.